The minimum atomic E-state index is 0.797. The fourth-order valence-electron chi connectivity index (χ4n) is 1.02. The van der Waals surface area contributed by atoms with Gasteiger partial charge in [-0.1, -0.05) is 6.42 Å². The molecular formula is C7H14N2. The fourth-order valence-corrected chi connectivity index (χ4v) is 1.02. The molecule has 0 aromatic heterocycles. The summed E-state index contributed by atoms with van der Waals surface area (Å²) in [6.45, 7) is 0. The normalized spacial score (nSPS) is 28.0. The molecule has 52 valence electrons. The lowest BCUT2D eigenvalue weighted by Gasteiger charge is -2.26. The summed E-state index contributed by atoms with van der Waals surface area (Å²) < 4.78 is 0. The highest BCUT2D eigenvalue weighted by Gasteiger charge is 2.23. The third-order valence-corrected chi connectivity index (χ3v) is 2.17. The summed E-state index contributed by atoms with van der Waals surface area (Å²) in [7, 11) is 0. The van der Waals surface area contributed by atoms with Gasteiger partial charge in [0.1, 0.15) is 0 Å². The molecule has 0 atom stereocenters. The SMILES string of the molecule is C1CC(NNC2CC2)C1. The van der Waals surface area contributed by atoms with Crippen molar-refractivity contribution in [3.63, 3.8) is 0 Å². The van der Waals surface area contributed by atoms with Gasteiger partial charge >= 0.3 is 0 Å². The molecule has 2 rings (SSSR count). The molecular weight excluding hydrogens is 112 g/mol. The van der Waals surface area contributed by atoms with Crippen molar-refractivity contribution in [2.24, 2.45) is 0 Å². The van der Waals surface area contributed by atoms with Crippen LogP contribution in [0, 0.1) is 0 Å². The Bertz CT molecular complexity index is 95.1. The van der Waals surface area contributed by atoms with Crippen LogP contribution in [0.15, 0.2) is 0 Å². The molecule has 2 nitrogen and oxygen atoms in total. The first-order valence-corrected chi connectivity index (χ1v) is 3.96. The summed E-state index contributed by atoms with van der Waals surface area (Å²) in [6.07, 6.45) is 6.92. The summed E-state index contributed by atoms with van der Waals surface area (Å²) in [6, 6.07) is 1.61. The maximum absolute atomic E-state index is 3.33. The first-order valence-electron chi connectivity index (χ1n) is 3.96. The first-order chi connectivity index (χ1) is 4.45. The van der Waals surface area contributed by atoms with Crippen LogP contribution in [0.5, 0.6) is 0 Å². The van der Waals surface area contributed by atoms with Crippen LogP contribution < -0.4 is 10.9 Å². The van der Waals surface area contributed by atoms with Crippen molar-refractivity contribution < 1.29 is 0 Å². The van der Waals surface area contributed by atoms with E-state index in [1.165, 1.54) is 32.1 Å². The van der Waals surface area contributed by atoms with Crippen LogP contribution in [-0.4, -0.2) is 12.1 Å². The molecule has 9 heavy (non-hydrogen) atoms. The molecule has 0 aromatic rings. The van der Waals surface area contributed by atoms with Crippen LogP contribution in [0.4, 0.5) is 0 Å². The van der Waals surface area contributed by atoms with E-state index in [0.29, 0.717) is 0 Å². The average Bonchev–Trinajstić information content (AvgIpc) is 2.44. The molecule has 0 heterocycles. The quantitative estimate of drug-likeness (QED) is 0.546. The summed E-state index contributed by atoms with van der Waals surface area (Å²) in [4.78, 5) is 0. The largest absolute Gasteiger partial charge is 0.255 e. The number of nitrogens with one attached hydrogen (secondary N) is 2. The van der Waals surface area contributed by atoms with Crippen molar-refractivity contribution in [1.82, 2.24) is 10.9 Å². The van der Waals surface area contributed by atoms with Gasteiger partial charge in [0.15, 0.2) is 0 Å². The molecule has 2 fully saturated rings. The second-order valence-electron chi connectivity index (χ2n) is 3.19. The molecule has 2 aliphatic carbocycles. The molecule has 2 heteroatoms. The number of hydrogen-bond donors (Lipinski definition) is 2. The van der Waals surface area contributed by atoms with E-state index in [4.69, 9.17) is 0 Å². The maximum atomic E-state index is 3.33. The van der Waals surface area contributed by atoms with E-state index in [9.17, 15) is 0 Å². The highest BCUT2D eigenvalue weighted by Crippen LogP contribution is 2.20. The first kappa shape index (κ1) is 5.69. The number of rotatable bonds is 3. The lowest BCUT2D eigenvalue weighted by atomic mass is 9.94. The van der Waals surface area contributed by atoms with E-state index in [-0.39, 0.29) is 0 Å². The molecule has 0 saturated heterocycles. The Hall–Kier alpha value is -0.0800. The van der Waals surface area contributed by atoms with Gasteiger partial charge in [0.2, 0.25) is 0 Å². The molecule has 0 unspecified atom stereocenters. The predicted octanol–water partition coefficient (Wildman–Crippen LogP) is 0.795. The summed E-state index contributed by atoms with van der Waals surface area (Å²) in [5, 5.41) is 0. The minimum absolute atomic E-state index is 0.797. The fraction of sp³-hybridized carbons (Fsp3) is 1.00. The maximum Gasteiger partial charge on any atom is 0.0214 e. The van der Waals surface area contributed by atoms with Gasteiger partial charge in [0, 0.05) is 12.1 Å². The molecule has 0 aliphatic heterocycles. The lowest BCUT2D eigenvalue weighted by Crippen LogP contribution is -2.45. The van der Waals surface area contributed by atoms with Gasteiger partial charge < -0.3 is 0 Å². The van der Waals surface area contributed by atoms with Gasteiger partial charge in [-0.05, 0) is 25.7 Å². The highest BCUT2D eigenvalue weighted by molar-refractivity contribution is 4.82. The van der Waals surface area contributed by atoms with Gasteiger partial charge in [-0.3, -0.25) is 10.9 Å². The van der Waals surface area contributed by atoms with Gasteiger partial charge in [0.25, 0.3) is 0 Å². The number of hydrazine groups is 1. The van der Waals surface area contributed by atoms with Crippen molar-refractivity contribution in [2.45, 2.75) is 44.2 Å². The molecule has 0 amide bonds. The van der Waals surface area contributed by atoms with E-state index in [1.54, 1.807) is 0 Å². The zero-order valence-electron chi connectivity index (χ0n) is 5.69. The van der Waals surface area contributed by atoms with Crippen molar-refractivity contribution in [1.29, 1.82) is 0 Å². The van der Waals surface area contributed by atoms with E-state index in [2.05, 4.69) is 10.9 Å². The van der Waals surface area contributed by atoms with Crippen molar-refractivity contribution >= 4 is 0 Å². The smallest absolute Gasteiger partial charge is 0.0214 e. The standard InChI is InChI=1S/C7H14N2/c1-2-6(3-1)8-9-7-4-5-7/h6-9H,1-5H2. The Morgan fingerprint density at radius 1 is 0.778 bits per heavy atom. The second-order valence-corrected chi connectivity index (χ2v) is 3.19. The Kier molecular flexibility index (Phi) is 1.44. The van der Waals surface area contributed by atoms with Gasteiger partial charge in [-0.25, -0.2) is 0 Å². The molecule has 0 bridgehead atoms. The minimum Gasteiger partial charge on any atom is -0.255 e. The van der Waals surface area contributed by atoms with Crippen molar-refractivity contribution in [3.8, 4) is 0 Å². The molecule has 2 aliphatic rings. The zero-order valence-corrected chi connectivity index (χ0v) is 5.69. The van der Waals surface area contributed by atoms with Crippen molar-refractivity contribution in [3.05, 3.63) is 0 Å². The highest BCUT2D eigenvalue weighted by atomic mass is 15.4. The van der Waals surface area contributed by atoms with E-state index in [1.807, 2.05) is 0 Å². The van der Waals surface area contributed by atoms with Crippen LogP contribution in [-0.2, 0) is 0 Å². The van der Waals surface area contributed by atoms with Gasteiger partial charge in [-0.2, -0.15) is 0 Å². The van der Waals surface area contributed by atoms with Crippen LogP contribution in [0.2, 0.25) is 0 Å². The lowest BCUT2D eigenvalue weighted by molar-refractivity contribution is 0.299. The summed E-state index contributed by atoms with van der Waals surface area (Å²) >= 11 is 0. The zero-order chi connectivity index (χ0) is 6.10. The predicted molar refractivity (Wildman–Crippen MR) is 36.9 cm³/mol. The third-order valence-electron chi connectivity index (χ3n) is 2.17. The van der Waals surface area contributed by atoms with Crippen LogP contribution >= 0.6 is 0 Å². The van der Waals surface area contributed by atoms with Gasteiger partial charge in [0.05, 0.1) is 0 Å². The topological polar surface area (TPSA) is 24.1 Å². The molecule has 2 N–H and O–H groups in total. The average molecular weight is 126 g/mol. The van der Waals surface area contributed by atoms with E-state index < -0.39 is 0 Å². The Balaban J connectivity index is 1.55. The van der Waals surface area contributed by atoms with Crippen LogP contribution in [0.25, 0.3) is 0 Å². The van der Waals surface area contributed by atoms with Crippen molar-refractivity contribution in [2.75, 3.05) is 0 Å². The van der Waals surface area contributed by atoms with Gasteiger partial charge in [-0.15, -0.1) is 0 Å². The van der Waals surface area contributed by atoms with Crippen LogP contribution in [0.3, 0.4) is 0 Å². The Labute approximate surface area is 56.0 Å². The van der Waals surface area contributed by atoms with Crippen LogP contribution in [0.1, 0.15) is 32.1 Å². The second kappa shape index (κ2) is 2.27. The van der Waals surface area contributed by atoms with E-state index in [0.717, 1.165) is 12.1 Å². The molecule has 2 saturated carbocycles. The molecule has 0 radical (unpaired) electrons. The summed E-state index contributed by atoms with van der Waals surface area (Å²) in [5.74, 6) is 0. The summed E-state index contributed by atoms with van der Waals surface area (Å²) in [5.41, 5.74) is 6.64. The molecule has 0 spiro atoms. The Morgan fingerprint density at radius 2 is 1.33 bits per heavy atom. The van der Waals surface area contributed by atoms with E-state index >= 15 is 0 Å². The Morgan fingerprint density at radius 3 is 1.67 bits per heavy atom. The number of hydrogen-bond acceptors (Lipinski definition) is 2. The third kappa shape index (κ3) is 1.43. The molecule has 0 aromatic carbocycles. The monoisotopic (exact) mass is 126 g/mol.